The van der Waals surface area contributed by atoms with Gasteiger partial charge in [0, 0.05) is 16.3 Å². The van der Waals surface area contributed by atoms with Crippen molar-refractivity contribution < 1.29 is 24.2 Å². The van der Waals surface area contributed by atoms with Gasteiger partial charge in [-0.05, 0) is 44.5 Å². The second kappa shape index (κ2) is 6.88. The second-order valence-corrected chi connectivity index (χ2v) is 5.78. The second-order valence-electron chi connectivity index (χ2n) is 5.34. The number of aromatic hydroxyl groups is 1. The number of aromatic nitrogens is 1. The Kier molecular flexibility index (Phi) is 5.09. The van der Waals surface area contributed by atoms with Crippen molar-refractivity contribution in [2.75, 3.05) is 6.61 Å². The highest BCUT2D eigenvalue weighted by Crippen LogP contribution is 2.23. The Balaban J connectivity index is 2.14. The van der Waals surface area contributed by atoms with Crippen molar-refractivity contribution >= 4 is 29.1 Å². The Morgan fingerprint density at radius 2 is 1.92 bits per heavy atom. The van der Waals surface area contributed by atoms with E-state index in [9.17, 15) is 19.5 Å². The van der Waals surface area contributed by atoms with E-state index < -0.39 is 18.4 Å². The van der Waals surface area contributed by atoms with Crippen molar-refractivity contribution in [2.45, 2.75) is 20.8 Å². The number of aromatic amines is 1. The minimum absolute atomic E-state index is 0.126. The lowest BCUT2D eigenvalue weighted by Crippen LogP contribution is -2.15. The number of esters is 1. The molecule has 126 valence electrons. The predicted molar refractivity (Wildman–Crippen MR) is 88.0 cm³/mol. The number of hydrogen-bond donors (Lipinski definition) is 2. The normalized spacial score (nSPS) is 10.5. The van der Waals surface area contributed by atoms with Gasteiger partial charge in [-0.15, -0.1) is 0 Å². The standard InChI is InChI=1S/C17H16ClNO5/c1-8-15(10(3)20)9(2)19-16(8)14(22)7-24-17(23)12-6-11(18)4-5-13(12)21/h4-6,19,21H,7H2,1-3H3. The van der Waals surface area contributed by atoms with Crippen LogP contribution in [0.4, 0.5) is 0 Å². The molecule has 0 saturated heterocycles. The molecule has 0 amide bonds. The molecule has 6 nitrogen and oxygen atoms in total. The highest BCUT2D eigenvalue weighted by atomic mass is 35.5. The molecule has 0 unspecified atom stereocenters. The quantitative estimate of drug-likeness (QED) is 0.638. The van der Waals surface area contributed by atoms with Gasteiger partial charge >= 0.3 is 5.97 Å². The van der Waals surface area contributed by atoms with Crippen LogP contribution in [-0.4, -0.2) is 34.2 Å². The largest absolute Gasteiger partial charge is 0.507 e. The van der Waals surface area contributed by atoms with Gasteiger partial charge in [-0.1, -0.05) is 11.6 Å². The van der Waals surface area contributed by atoms with Crippen LogP contribution >= 0.6 is 11.6 Å². The van der Waals surface area contributed by atoms with E-state index in [4.69, 9.17) is 16.3 Å². The van der Waals surface area contributed by atoms with Gasteiger partial charge in [0.25, 0.3) is 0 Å². The molecule has 2 rings (SSSR count). The maximum Gasteiger partial charge on any atom is 0.342 e. The fourth-order valence-corrected chi connectivity index (χ4v) is 2.68. The van der Waals surface area contributed by atoms with Crippen LogP contribution in [0.1, 0.15) is 49.4 Å². The lowest BCUT2D eigenvalue weighted by Gasteiger charge is -2.06. The number of carbonyl (C=O) groups excluding carboxylic acids is 3. The number of halogens is 1. The molecule has 0 spiro atoms. The molecule has 0 aliphatic heterocycles. The first-order valence-electron chi connectivity index (χ1n) is 7.11. The first-order valence-corrected chi connectivity index (χ1v) is 7.49. The van der Waals surface area contributed by atoms with Crippen LogP contribution in [0, 0.1) is 13.8 Å². The minimum Gasteiger partial charge on any atom is -0.507 e. The van der Waals surface area contributed by atoms with E-state index in [2.05, 4.69) is 4.98 Å². The van der Waals surface area contributed by atoms with Gasteiger partial charge in [0.2, 0.25) is 5.78 Å². The van der Waals surface area contributed by atoms with E-state index in [-0.39, 0.29) is 27.8 Å². The molecule has 7 heteroatoms. The van der Waals surface area contributed by atoms with Crippen LogP contribution in [0.2, 0.25) is 5.02 Å². The zero-order valence-corrected chi connectivity index (χ0v) is 14.2. The van der Waals surface area contributed by atoms with E-state index in [1.165, 1.54) is 25.1 Å². The van der Waals surface area contributed by atoms with Crippen molar-refractivity contribution in [3.8, 4) is 5.75 Å². The third-order valence-electron chi connectivity index (χ3n) is 3.58. The average Bonchev–Trinajstić information content (AvgIpc) is 2.81. The number of ether oxygens (including phenoxy) is 1. The third-order valence-corrected chi connectivity index (χ3v) is 3.82. The molecular weight excluding hydrogens is 334 g/mol. The summed E-state index contributed by atoms with van der Waals surface area (Å²) in [5.41, 5.74) is 1.66. The number of carbonyl (C=O) groups is 3. The Bertz CT molecular complexity index is 838. The summed E-state index contributed by atoms with van der Waals surface area (Å²) in [6.45, 7) is 4.23. The molecule has 0 saturated carbocycles. The zero-order valence-electron chi connectivity index (χ0n) is 13.4. The molecule has 0 atom stereocenters. The van der Waals surface area contributed by atoms with Crippen molar-refractivity contribution in [3.05, 3.63) is 51.3 Å². The summed E-state index contributed by atoms with van der Waals surface area (Å²) >= 11 is 5.77. The van der Waals surface area contributed by atoms with Gasteiger partial charge in [0.15, 0.2) is 12.4 Å². The summed E-state index contributed by atoms with van der Waals surface area (Å²) in [6.07, 6.45) is 0. The number of ketones is 2. The molecule has 2 aromatic rings. The van der Waals surface area contributed by atoms with Gasteiger partial charge in [-0.2, -0.15) is 0 Å². The topological polar surface area (TPSA) is 96.5 Å². The number of phenolic OH excluding ortho intramolecular Hbond substituents is 1. The molecule has 1 heterocycles. The molecule has 1 aromatic carbocycles. The number of benzene rings is 1. The first-order chi connectivity index (χ1) is 11.2. The fraction of sp³-hybridized carbons (Fsp3) is 0.235. The van der Waals surface area contributed by atoms with Gasteiger partial charge in [-0.3, -0.25) is 9.59 Å². The smallest absolute Gasteiger partial charge is 0.342 e. The summed E-state index contributed by atoms with van der Waals surface area (Å²) in [7, 11) is 0. The van der Waals surface area contributed by atoms with E-state index in [1.54, 1.807) is 13.8 Å². The SMILES string of the molecule is CC(=O)c1c(C)[nH]c(C(=O)COC(=O)c2cc(Cl)ccc2O)c1C. The lowest BCUT2D eigenvalue weighted by atomic mass is 10.1. The van der Waals surface area contributed by atoms with Gasteiger partial charge in [-0.25, -0.2) is 4.79 Å². The van der Waals surface area contributed by atoms with Crippen LogP contribution in [0.25, 0.3) is 0 Å². The zero-order chi connectivity index (χ0) is 18.0. The maximum atomic E-state index is 12.2. The highest BCUT2D eigenvalue weighted by Gasteiger charge is 2.21. The van der Waals surface area contributed by atoms with E-state index in [1.807, 2.05) is 0 Å². The number of phenols is 1. The first kappa shape index (κ1) is 17.7. The number of Topliss-reactive ketones (excluding diaryl/α,β-unsaturated/α-hetero) is 2. The Morgan fingerprint density at radius 3 is 2.50 bits per heavy atom. The number of hydrogen-bond acceptors (Lipinski definition) is 5. The summed E-state index contributed by atoms with van der Waals surface area (Å²) in [5, 5.41) is 9.90. The lowest BCUT2D eigenvalue weighted by molar-refractivity contribution is 0.0470. The monoisotopic (exact) mass is 349 g/mol. The van der Waals surface area contributed by atoms with Gasteiger partial charge < -0.3 is 14.8 Å². The molecule has 24 heavy (non-hydrogen) atoms. The van der Waals surface area contributed by atoms with Gasteiger partial charge in [0.05, 0.1) is 5.69 Å². The maximum absolute atomic E-state index is 12.2. The van der Waals surface area contributed by atoms with Crippen molar-refractivity contribution in [1.29, 1.82) is 0 Å². The molecule has 1 aromatic heterocycles. The van der Waals surface area contributed by atoms with Crippen LogP contribution in [-0.2, 0) is 4.74 Å². The summed E-state index contributed by atoms with van der Waals surface area (Å²) < 4.78 is 4.93. The molecule has 0 fully saturated rings. The Labute approximate surface area is 143 Å². The van der Waals surface area contributed by atoms with Crippen molar-refractivity contribution in [1.82, 2.24) is 4.98 Å². The molecule has 0 bridgehead atoms. The van der Waals surface area contributed by atoms with E-state index in [0.717, 1.165) is 0 Å². The van der Waals surface area contributed by atoms with Crippen LogP contribution < -0.4 is 0 Å². The Morgan fingerprint density at radius 1 is 1.25 bits per heavy atom. The van der Waals surface area contributed by atoms with Gasteiger partial charge in [0.1, 0.15) is 11.3 Å². The molecule has 0 aliphatic carbocycles. The Hall–Kier alpha value is -2.60. The van der Waals surface area contributed by atoms with Crippen molar-refractivity contribution in [3.63, 3.8) is 0 Å². The highest BCUT2D eigenvalue weighted by molar-refractivity contribution is 6.31. The average molecular weight is 350 g/mol. The number of H-pyrrole nitrogens is 1. The molecular formula is C17H16ClNO5. The fourth-order valence-electron chi connectivity index (χ4n) is 2.51. The third kappa shape index (κ3) is 3.49. The molecule has 0 radical (unpaired) electrons. The van der Waals surface area contributed by atoms with Crippen LogP contribution in [0.5, 0.6) is 5.75 Å². The number of aryl methyl sites for hydroxylation is 1. The molecule has 0 aliphatic rings. The minimum atomic E-state index is -0.865. The summed E-state index contributed by atoms with van der Waals surface area (Å²) in [5.74, 6) is -1.78. The number of rotatable bonds is 5. The summed E-state index contributed by atoms with van der Waals surface area (Å²) in [6, 6.07) is 3.94. The van der Waals surface area contributed by atoms with E-state index in [0.29, 0.717) is 16.8 Å². The number of nitrogens with one attached hydrogen (secondary N) is 1. The van der Waals surface area contributed by atoms with Crippen molar-refractivity contribution in [2.24, 2.45) is 0 Å². The summed E-state index contributed by atoms with van der Waals surface area (Å²) in [4.78, 5) is 38.6. The van der Waals surface area contributed by atoms with Crippen LogP contribution in [0.15, 0.2) is 18.2 Å². The van der Waals surface area contributed by atoms with Crippen LogP contribution in [0.3, 0.4) is 0 Å². The molecule has 2 N–H and O–H groups in total. The van der Waals surface area contributed by atoms with E-state index >= 15 is 0 Å². The predicted octanol–water partition coefficient (Wildman–Crippen LogP) is 3.23.